The highest BCUT2D eigenvalue weighted by Crippen LogP contribution is 2.19. The van der Waals surface area contributed by atoms with Crippen LogP contribution in [-0.2, 0) is 4.74 Å². The number of methoxy groups -OCH3 is 1. The Hall–Kier alpha value is -1.22. The molecule has 0 saturated heterocycles. The van der Waals surface area contributed by atoms with Gasteiger partial charge in [-0.3, -0.25) is 0 Å². The largest absolute Gasteiger partial charge is 0.478 e. The normalized spacial score (nSPS) is 9.61. The number of carbonyl (C=O) groups is 2. The third-order valence-corrected chi connectivity index (χ3v) is 3.96. The average Bonchev–Trinajstić information content (AvgIpc) is 2.51. The van der Waals surface area contributed by atoms with Gasteiger partial charge in [-0.25, -0.2) is 19.6 Å². The maximum Gasteiger partial charge on any atom is 0.339 e. The third kappa shape index (κ3) is 6.06. The van der Waals surface area contributed by atoms with Crippen LogP contribution in [0.25, 0.3) is 0 Å². The number of carboxylic acid groups (broad SMARTS) is 1. The standard InChI is InChI=1S/C7H5BrClNO2.C6H3BrClNO2/c1-12-7(11)4-2-6(9)10-3-5(4)8;7-4-2-9-5(8)1-3(4)6(10)11/h2-3H,1H3;1-2H,(H,10,11). The summed E-state index contributed by atoms with van der Waals surface area (Å²) >= 11 is 17.2. The predicted octanol–water partition coefficient (Wildman–Crippen LogP) is 4.48. The number of aromatic nitrogens is 2. The first-order valence-electron chi connectivity index (χ1n) is 5.70. The zero-order valence-corrected chi connectivity index (χ0v) is 16.1. The van der Waals surface area contributed by atoms with Crippen molar-refractivity contribution < 1.29 is 19.4 Å². The van der Waals surface area contributed by atoms with Crippen molar-refractivity contribution in [3.05, 3.63) is 54.9 Å². The highest BCUT2D eigenvalue weighted by molar-refractivity contribution is 9.10. The molecule has 2 aromatic heterocycles. The van der Waals surface area contributed by atoms with Crippen LogP contribution in [0.15, 0.2) is 33.5 Å². The fourth-order valence-electron chi connectivity index (χ4n) is 1.26. The molecule has 0 saturated carbocycles. The van der Waals surface area contributed by atoms with Crippen LogP contribution in [0.3, 0.4) is 0 Å². The molecule has 0 atom stereocenters. The lowest BCUT2D eigenvalue weighted by Gasteiger charge is -2.00. The molecule has 2 rings (SSSR count). The molecule has 0 bridgehead atoms. The van der Waals surface area contributed by atoms with Crippen molar-refractivity contribution in [2.75, 3.05) is 7.11 Å². The van der Waals surface area contributed by atoms with Crippen molar-refractivity contribution in [2.24, 2.45) is 0 Å². The monoisotopic (exact) mass is 484 g/mol. The summed E-state index contributed by atoms with van der Waals surface area (Å²) in [4.78, 5) is 28.9. The van der Waals surface area contributed by atoms with E-state index in [1.54, 1.807) is 0 Å². The Bertz CT molecular complexity index is 744. The van der Waals surface area contributed by atoms with Crippen molar-refractivity contribution in [3.63, 3.8) is 0 Å². The molecule has 0 aliphatic carbocycles. The minimum absolute atomic E-state index is 0.116. The molecular weight excluding hydrogens is 479 g/mol. The van der Waals surface area contributed by atoms with Gasteiger partial charge < -0.3 is 9.84 Å². The first kappa shape index (κ1) is 19.8. The van der Waals surface area contributed by atoms with Gasteiger partial charge >= 0.3 is 11.9 Å². The summed E-state index contributed by atoms with van der Waals surface area (Å²) in [6.07, 6.45) is 2.81. The minimum Gasteiger partial charge on any atom is -0.478 e. The molecular formula is C13H8Br2Cl2N2O4. The molecule has 122 valence electrons. The molecule has 2 heterocycles. The number of esters is 1. The summed E-state index contributed by atoms with van der Waals surface area (Å²) in [6, 6.07) is 2.73. The van der Waals surface area contributed by atoms with E-state index in [0.717, 1.165) is 0 Å². The molecule has 10 heteroatoms. The Morgan fingerprint density at radius 1 is 1.04 bits per heavy atom. The molecule has 0 unspecified atom stereocenters. The first-order valence-corrected chi connectivity index (χ1v) is 8.04. The lowest BCUT2D eigenvalue weighted by atomic mass is 10.3. The second-order valence-electron chi connectivity index (χ2n) is 3.77. The molecule has 0 aliphatic rings. The van der Waals surface area contributed by atoms with E-state index < -0.39 is 11.9 Å². The van der Waals surface area contributed by atoms with Crippen molar-refractivity contribution in [1.29, 1.82) is 0 Å². The summed E-state index contributed by atoms with van der Waals surface area (Å²) in [5, 5.41) is 9.01. The summed E-state index contributed by atoms with van der Waals surface area (Å²) in [7, 11) is 1.31. The maximum absolute atomic E-state index is 11.0. The van der Waals surface area contributed by atoms with Gasteiger partial charge in [-0.05, 0) is 44.0 Å². The summed E-state index contributed by atoms with van der Waals surface area (Å²) in [6.45, 7) is 0. The predicted molar refractivity (Wildman–Crippen MR) is 92.2 cm³/mol. The highest BCUT2D eigenvalue weighted by atomic mass is 79.9. The van der Waals surface area contributed by atoms with Crippen LogP contribution in [0.1, 0.15) is 20.7 Å². The zero-order valence-electron chi connectivity index (χ0n) is 11.4. The Morgan fingerprint density at radius 2 is 1.48 bits per heavy atom. The fraction of sp³-hybridized carbons (Fsp3) is 0.0769. The number of hydrogen-bond acceptors (Lipinski definition) is 5. The Balaban J connectivity index is 0.000000231. The number of rotatable bonds is 2. The SMILES string of the molecule is COC(=O)c1cc(Cl)ncc1Br.O=C(O)c1cc(Cl)ncc1Br. The number of aromatic carboxylic acids is 1. The number of ether oxygens (including phenoxy) is 1. The topological polar surface area (TPSA) is 89.4 Å². The Labute approximate surface area is 158 Å². The Morgan fingerprint density at radius 3 is 1.87 bits per heavy atom. The second-order valence-corrected chi connectivity index (χ2v) is 6.25. The van der Waals surface area contributed by atoms with E-state index in [-0.39, 0.29) is 15.9 Å². The molecule has 2 aromatic rings. The van der Waals surface area contributed by atoms with E-state index >= 15 is 0 Å². The average molecular weight is 487 g/mol. The molecule has 0 fully saturated rings. The van der Waals surface area contributed by atoms with E-state index in [1.165, 1.54) is 31.6 Å². The van der Waals surface area contributed by atoms with Crippen molar-refractivity contribution in [2.45, 2.75) is 0 Å². The molecule has 23 heavy (non-hydrogen) atoms. The van der Waals surface area contributed by atoms with Crippen LogP contribution in [0.4, 0.5) is 0 Å². The van der Waals surface area contributed by atoms with Crippen molar-refractivity contribution in [1.82, 2.24) is 9.97 Å². The van der Waals surface area contributed by atoms with Crippen LogP contribution >= 0.6 is 55.1 Å². The van der Waals surface area contributed by atoms with E-state index in [9.17, 15) is 9.59 Å². The van der Waals surface area contributed by atoms with Gasteiger partial charge in [-0.15, -0.1) is 0 Å². The molecule has 6 nitrogen and oxygen atoms in total. The van der Waals surface area contributed by atoms with Gasteiger partial charge in [0.25, 0.3) is 0 Å². The van der Waals surface area contributed by atoms with Gasteiger partial charge in [0.15, 0.2) is 0 Å². The van der Waals surface area contributed by atoms with Crippen LogP contribution in [0.2, 0.25) is 10.3 Å². The van der Waals surface area contributed by atoms with E-state index in [2.05, 4.69) is 46.6 Å². The lowest BCUT2D eigenvalue weighted by Crippen LogP contribution is -2.02. The van der Waals surface area contributed by atoms with Crippen LogP contribution in [-0.4, -0.2) is 34.1 Å². The molecule has 0 amide bonds. The van der Waals surface area contributed by atoms with Gasteiger partial charge in [-0.1, -0.05) is 23.2 Å². The van der Waals surface area contributed by atoms with Crippen molar-refractivity contribution >= 4 is 67.0 Å². The number of pyridine rings is 2. The van der Waals surface area contributed by atoms with E-state index in [4.69, 9.17) is 28.3 Å². The van der Waals surface area contributed by atoms with Crippen LogP contribution in [0.5, 0.6) is 0 Å². The number of halogens is 4. The zero-order chi connectivity index (χ0) is 17.6. The van der Waals surface area contributed by atoms with E-state index in [1.807, 2.05) is 0 Å². The third-order valence-electron chi connectivity index (χ3n) is 2.28. The van der Waals surface area contributed by atoms with Crippen LogP contribution < -0.4 is 0 Å². The van der Waals surface area contributed by atoms with Gasteiger partial charge in [0.05, 0.1) is 27.2 Å². The quantitative estimate of drug-likeness (QED) is 0.497. The fourth-order valence-corrected chi connectivity index (χ4v) is 2.34. The van der Waals surface area contributed by atoms with E-state index in [0.29, 0.717) is 14.5 Å². The number of carbonyl (C=O) groups excluding carboxylic acids is 1. The first-order chi connectivity index (χ1) is 10.8. The van der Waals surface area contributed by atoms with Gasteiger partial charge in [0.2, 0.25) is 0 Å². The molecule has 1 N–H and O–H groups in total. The van der Waals surface area contributed by atoms with Gasteiger partial charge in [0, 0.05) is 12.4 Å². The molecule has 0 spiro atoms. The lowest BCUT2D eigenvalue weighted by molar-refractivity contribution is 0.0598. The summed E-state index contributed by atoms with van der Waals surface area (Å²) < 4.78 is 5.51. The second kappa shape index (κ2) is 9.17. The molecule has 0 radical (unpaired) electrons. The summed E-state index contributed by atoms with van der Waals surface area (Å²) in [5.74, 6) is -1.47. The van der Waals surface area contributed by atoms with Crippen molar-refractivity contribution in [3.8, 4) is 0 Å². The maximum atomic E-state index is 11.0. The number of carboxylic acids is 1. The van der Waals surface area contributed by atoms with Crippen LogP contribution in [0, 0.1) is 0 Å². The smallest absolute Gasteiger partial charge is 0.339 e. The molecule has 0 aromatic carbocycles. The highest BCUT2D eigenvalue weighted by Gasteiger charge is 2.10. The Kier molecular flexibility index (Phi) is 7.90. The molecule has 0 aliphatic heterocycles. The summed E-state index contributed by atoms with van der Waals surface area (Å²) in [5.41, 5.74) is 0.488. The van der Waals surface area contributed by atoms with Gasteiger partial charge in [-0.2, -0.15) is 0 Å². The minimum atomic E-state index is -1.03. The number of hydrogen-bond donors (Lipinski definition) is 1. The van der Waals surface area contributed by atoms with Gasteiger partial charge in [0.1, 0.15) is 10.3 Å². The number of nitrogens with zero attached hydrogens (tertiary/aromatic N) is 2.